The summed E-state index contributed by atoms with van der Waals surface area (Å²) in [5, 5.41) is 46.0. The fourth-order valence-electron chi connectivity index (χ4n) is 1.47. The second-order valence-corrected chi connectivity index (χ2v) is 5.93. The molecule has 0 amide bonds. The zero-order valence-electron chi connectivity index (χ0n) is 10.8. The Labute approximate surface area is 114 Å². The van der Waals surface area contributed by atoms with E-state index in [0.717, 1.165) is 0 Å². The molecule has 0 rings (SSSR count). The van der Waals surface area contributed by atoms with Crippen LogP contribution in [0.4, 0.5) is 0 Å². The third kappa shape index (κ3) is 7.09. The number of carbonyl (C=O) groups is 1. The number of aliphatic hydroxyl groups is 5. The topological polar surface area (TPSA) is 135 Å². The highest BCUT2D eigenvalue weighted by Gasteiger charge is 2.33. The van der Waals surface area contributed by atoms with Gasteiger partial charge in [-0.3, -0.25) is 9.00 Å². The van der Waals surface area contributed by atoms with Gasteiger partial charge in [-0.05, 0) is 12.8 Å². The van der Waals surface area contributed by atoms with Gasteiger partial charge < -0.3 is 25.5 Å². The largest absolute Gasteiger partial charge is 0.394 e. The summed E-state index contributed by atoms with van der Waals surface area (Å²) < 4.78 is 10.8. The number of hydrogen-bond acceptors (Lipinski definition) is 7. The van der Waals surface area contributed by atoms with Gasteiger partial charge in [-0.1, -0.05) is 0 Å². The first-order chi connectivity index (χ1) is 8.81. The van der Waals surface area contributed by atoms with Crippen LogP contribution in [0.15, 0.2) is 0 Å². The quantitative estimate of drug-likeness (QED) is 0.282. The second-order valence-electron chi connectivity index (χ2n) is 4.38. The van der Waals surface area contributed by atoms with E-state index in [1.54, 1.807) is 6.26 Å². The van der Waals surface area contributed by atoms with E-state index >= 15 is 0 Å². The van der Waals surface area contributed by atoms with Gasteiger partial charge in [0.1, 0.15) is 24.4 Å². The Hall–Kier alpha value is -0.380. The van der Waals surface area contributed by atoms with Gasteiger partial charge in [-0.25, -0.2) is 0 Å². The summed E-state index contributed by atoms with van der Waals surface area (Å²) in [6, 6.07) is 0. The normalized spacial score (nSPS) is 19.5. The van der Waals surface area contributed by atoms with Crippen molar-refractivity contribution in [2.45, 2.75) is 43.7 Å². The average molecular weight is 298 g/mol. The molecule has 0 saturated carbocycles. The van der Waals surface area contributed by atoms with E-state index in [2.05, 4.69) is 0 Å². The molecule has 0 saturated heterocycles. The molecule has 5 atom stereocenters. The number of rotatable bonds is 10. The number of unbranched alkanes of at least 4 members (excludes halogenated alkanes) is 1. The first kappa shape index (κ1) is 18.6. The van der Waals surface area contributed by atoms with E-state index in [9.17, 15) is 24.3 Å². The monoisotopic (exact) mass is 298 g/mol. The molecule has 0 aliphatic heterocycles. The van der Waals surface area contributed by atoms with Gasteiger partial charge in [0.15, 0.2) is 5.78 Å². The fourth-order valence-corrected chi connectivity index (χ4v) is 2.08. The van der Waals surface area contributed by atoms with Crippen LogP contribution < -0.4 is 0 Å². The molecule has 0 heterocycles. The molecule has 5 N–H and O–H groups in total. The van der Waals surface area contributed by atoms with Crippen LogP contribution in [0.3, 0.4) is 0 Å². The molecular weight excluding hydrogens is 276 g/mol. The Morgan fingerprint density at radius 1 is 1.11 bits per heavy atom. The second kappa shape index (κ2) is 9.51. The van der Waals surface area contributed by atoms with Gasteiger partial charge in [0.25, 0.3) is 0 Å². The highest BCUT2D eigenvalue weighted by atomic mass is 32.2. The van der Waals surface area contributed by atoms with Gasteiger partial charge in [-0.2, -0.15) is 0 Å². The van der Waals surface area contributed by atoms with E-state index in [4.69, 9.17) is 10.2 Å². The molecule has 0 radical (unpaired) electrons. The van der Waals surface area contributed by atoms with E-state index in [1.807, 2.05) is 0 Å². The van der Waals surface area contributed by atoms with E-state index < -0.39 is 47.6 Å². The molecule has 0 aliphatic carbocycles. The maximum absolute atomic E-state index is 11.5. The van der Waals surface area contributed by atoms with Gasteiger partial charge in [0.05, 0.1) is 6.61 Å². The number of ketones is 1. The van der Waals surface area contributed by atoms with Crippen molar-refractivity contribution in [3.63, 3.8) is 0 Å². The molecule has 7 nitrogen and oxygen atoms in total. The lowest BCUT2D eigenvalue weighted by Crippen LogP contribution is -2.48. The number of Topliss-reactive ketones (excluding diaryl/α,β-unsaturated/α-hetero) is 1. The zero-order chi connectivity index (χ0) is 15.0. The third-order valence-electron chi connectivity index (χ3n) is 2.69. The summed E-state index contributed by atoms with van der Waals surface area (Å²) in [6.45, 7) is -0.790. The van der Waals surface area contributed by atoms with Crippen LogP contribution in [0, 0.1) is 0 Å². The van der Waals surface area contributed by atoms with E-state index in [1.165, 1.54) is 0 Å². The SMILES string of the molecule is CS(=O)CCCCC(=O)C(O)C(O)C(O)C(O)CO. The van der Waals surface area contributed by atoms with Crippen molar-refractivity contribution in [1.29, 1.82) is 0 Å². The minimum Gasteiger partial charge on any atom is -0.394 e. The maximum Gasteiger partial charge on any atom is 0.164 e. The highest BCUT2D eigenvalue weighted by Crippen LogP contribution is 2.09. The van der Waals surface area contributed by atoms with Crippen LogP contribution in [-0.4, -0.2) is 78.6 Å². The van der Waals surface area contributed by atoms with Crippen molar-refractivity contribution < 1.29 is 34.5 Å². The van der Waals surface area contributed by atoms with E-state index in [-0.39, 0.29) is 6.42 Å². The Morgan fingerprint density at radius 2 is 1.68 bits per heavy atom. The van der Waals surface area contributed by atoms with Crippen LogP contribution in [0.2, 0.25) is 0 Å². The maximum atomic E-state index is 11.5. The molecule has 0 aromatic rings. The summed E-state index contributed by atoms with van der Waals surface area (Å²) >= 11 is 0. The lowest BCUT2D eigenvalue weighted by atomic mass is 9.98. The predicted octanol–water partition coefficient (Wildman–Crippen LogP) is -2.46. The molecular formula is C11H22O7S. The summed E-state index contributed by atoms with van der Waals surface area (Å²) in [6.07, 6.45) is -4.59. The lowest BCUT2D eigenvalue weighted by molar-refractivity contribution is -0.147. The summed E-state index contributed by atoms with van der Waals surface area (Å²) in [7, 11) is -0.939. The van der Waals surface area contributed by atoms with Crippen molar-refractivity contribution in [3.8, 4) is 0 Å². The molecule has 5 unspecified atom stereocenters. The molecule has 0 aromatic heterocycles. The minimum absolute atomic E-state index is 0.0165. The molecule has 0 fully saturated rings. The smallest absolute Gasteiger partial charge is 0.164 e. The molecule has 114 valence electrons. The Morgan fingerprint density at radius 3 is 2.16 bits per heavy atom. The Bertz CT molecular complexity index is 297. The van der Waals surface area contributed by atoms with Crippen molar-refractivity contribution in [2.24, 2.45) is 0 Å². The first-order valence-corrected chi connectivity index (χ1v) is 7.69. The number of aliphatic hydroxyl groups excluding tert-OH is 5. The standard InChI is InChI=1S/C11H22O7S/c1-19(18)5-3-2-4-7(13)9(15)11(17)10(16)8(14)6-12/h8-12,14-17H,2-6H2,1H3. The highest BCUT2D eigenvalue weighted by molar-refractivity contribution is 7.84. The molecule has 19 heavy (non-hydrogen) atoms. The number of carbonyl (C=O) groups excluding carboxylic acids is 1. The minimum atomic E-state index is -1.85. The van der Waals surface area contributed by atoms with Crippen molar-refractivity contribution in [3.05, 3.63) is 0 Å². The van der Waals surface area contributed by atoms with Crippen molar-refractivity contribution in [2.75, 3.05) is 18.6 Å². The first-order valence-electron chi connectivity index (χ1n) is 5.97. The van der Waals surface area contributed by atoms with Gasteiger partial charge in [-0.15, -0.1) is 0 Å². The fraction of sp³-hybridized carbons (Fsp3) is 0.909. The van der Waals surface area contributed by atoms with Gasteiger partial charge in [0.2, 0.25) is 0 Å². The lowest BCUT2D eigenvalue weighted by Gasteiger charge is -2.24. The summed E-state index contributed by atoms with van der Waals surface area (Å²) in [5.74, 6) is -0.212. The van der Waals surface area contributed by atoms with Crippen LogP contribution >= 0.6 is 0 Å². The van der Waals surface area contributed by atoms with E-state index in [0.29, 0.717) is 18.6 Å². The predicted molar refractivity (Wildman–Crippen MR) is 68.9 cm³/mol. The molecule has 0 aliphatic rings. The van der Waals surface area contributed by atoms with Gasteiger partial charge in [0, 0.05) is 29.2 Å². The molecule has 8 heteroatoms. The third-order valence-corrected chi connectivity index (χ3v) is 3.55. The zero-order valence-corrected chi connectivity index (χ0v) is 11.6. The Kier molecular flexibility index (Phi) is 9.32. The van der Waals surface area contributed by atoms with Crippen LogP contribution in [-0.2, 0) is 15.6 Å². The Balaban J connectivity index is 4.13. The summed E-state index contributed by atoms with van der Waals surface area (Å²) in [4.78, 5) is 11.5. The van der Waals surface area contributed by atoms with Crippen molar-refractivity contribution in [1.82, 2.24) is 0 Å². The molecule has 0 spiro atoms. The summed E-state index contributed by atoms with van der Waals surface area (Å²) in [5.41, 5.74) is 0. The average Bonchev–Trinajstić information content (AvgIpc) is 2.39. The number of hydrogen-bond donors (Lipinski definition) is 5. The van der Waals surface area contributed by atoms with Crippen LogP contribution in [0.5, 0.6) is 0 Å². The van der Waals surface area contributed by atoms with Crippen molar-refractivity contribution >= 4 is 16.6 Å². The molecule has 0 aromatic carbocycles. The molecule has 0 bridgehead atoms. The van der Waals surface area contributed by atoms with Crippen LogP contribution in [0.1, 0.15) is 19.3 Å². The van der Waals surface area contributed by atoms with Crippen LogP contribution in [0.25, 0.3) is 0 Å². The van der Waals surface area contributed by atoms with Gasteiger partial charge >= 0.3 is 0 Å².